The Morgan fingerprint density at radius 2 is 2.05 bits per heavy atom. The van der Waals surface area contributed by atoms with Gasteiger partial charge < -0.3 is 15.0 Å². The molecule has 1 fully saturated rings. The molecule has 1 N–H and O–H groups in total. The van der Waals surface area contributed by atoms with Gasteiger partial charge in [0.25, 0.3) is 0 Å². The molecule has 0 atom stereocenters. The third-order valence-electron chi connectivity index (χ3n) is 3.43. The number of ether oxygens (including phenoxy) is 1. The molecular weight excluding hydrogens is 252 g/mol. The highest BCUT2D eigenvalue weighted by atomic mass is 16.5. The Bertz CT molecular complexity index is 427. The molecule has 110 valence electrons. The molecule has 4 heteroatoms. The zero-order chi connectivity index (χ0) is 14.4. The van der Waals surface area contributed by atoms with Gasteiger partial charge in [-0.1, -0.05) is 12.1 Å². The second kappa shape index (κ2) is 7.29. The third-order valence-corrected chi connectivity index (χ3v) is 3.43. The van der Waals surface area contributed by atoms with E-state index in [0.29, 0.717) is 25.6 Å². The van der Waals surface area contributed by atoms with E-state index in [4.69, 9.17) is 4.74 Å². The minimum absolute atomic E-state index is 0.187. The van der Waals surface area contributed by atoms with Crippen molar-refractivity contribution in [1.29, 1.82) is 0 Å². The number of benzene rings is 1. The summed E-state index contributed by atoms with van der Waals surface area (Å²) in [4.78, 5) is 13.8. The van der Waals surface area contributed by atoms with E-state index in [2.05, 4.69) is 5.32 Å². The molecule has 0 aromatic heterocycles. The smallest absolute Gasteiger partial charge is 0.223 e. The van der Waals surface area contributed by atoms with Crippen LogP contribution in [0.5, 0.6) is 5.75 Å². The molecule has 0 saturated heterocycles. The molecule has 1 amide bonds. The molecule has 1 aromatic rings. The minimum atomic E-state index is 0.187. The van der Waals surface area contributed by atoms with Gasteiger partial charge in [0.15, 0.2) is 0 Å². The zero-order valence-corrected chi connectivity index (χ0v) is 12.4. The van der Waals surface area contributed by atoms with Crippen molar-refractivity contribution in [2.45, 2.75) is 38.8 Å². The van der Waals surface area contributed by atoms with Crippen LogP contribution in [0.4, 0.5) is 0 Å². The van der Waals surface area contributed by atoms with Crippen molar-refractivity contribution in [3.05, 3.63) is 29.8 Å². The first-order chi connectivity index (χ1) is 9.69. The molecule has 1 aromatic carbocycles. The molecule has 0 unspecified atom stereocenters. The number of hydrogen-bond acceptors (Lipinski definition) is 3. The molecule has 0 aliphatic heterocycles. The molecule has 1 aliphatic rings. The Labute approximate surface area is 121 Å². The van der Waals surface area contributed by atoms with Crippen molar-refractivity contribution in [3.8, 4) is 5.75 Å². The van der Waals surface area contributed by atoms with Gasteiger partial charge in [0.2, 0.25) is 5.91 Å². The maximum atomic E-state index is 12.0. The average Bonchev–Trinajstić information content (AvgIpc) is 3.25. The normalized spacial score (nSPS) is 14.1. The number of carbonyl (C=O) groups excluding carboxylic acids is 1. The molecule has 2 rings (SSSR count). The van der Waals surface area contributed by atoms with Crippen LogP contribution in [0.3, 0.4) is 0 Å². The number of nitrogens with one attached hydrogen (secondary N) is 1. The second-order valence-electron chi connectivity index (χ2n) is 5.31. The fourth-order valence-corrected chi connectivity index (χ4v) is 2.08. The van der Waals surface area contributed by atoms with E-state index < -0.39 is 0 Å². The number of carbonyl (C=O) groups is 1. The maximum Gasteiger partial charge on any atom is 0.223 e. The summed E-state index contributed by atoms with van der Waals surface area (Å²) in [6, 6.07) is 8.59. The standard InChI is InChI=1S/C16H24N2O2/c1-3-20-15-8-4-13(5-9-15)12-18(2)16(19)10-11-17-14-6-7-14/h4-5,8-9,14,17H,3,6-7,10-12H2,1-2H3. The Morgan fingerprint density at radius 1 is 1.35 bits per heavy atom. The van der Waals surface area contributed by atoms with E-state index in [0.717, 1.165) is 17.9 Å². The fraction of sp³-hybridized carbons (Fsp3) is 0.562. The monoisotopic (exact) mass is 276 g/mol. The van der Waals surface area contributed by atoms with Gasteiger partial charge in [0, 0.05) is 32.6 Å². The van der Waals surface area contributed by atoms with Gasteiger partial charge in [-0.2, -0.15) is 0 Å². The van der Waals surface area contributed by atoms with Gasteiger partial charge in [-0.15, -0.1) is 0 Å². The summed E-state index contributed by atoms with van der Waals surface area (Å²) < 4.78 is 5.41. The highest BCUT2D eigenvalue weighted by Crippen LogP contribution is 2.18. The van der Waals surface area contributed by atoms with Crippen LogP contribution in [-0.4, -0.2) is 37.0 Å². The summed E-state index contributed by atoms with van der Waals surface area (Å²) in [6.45, 7) is 4.08. The van der Waals surface area contributed by atoms with E-state index in [9.17, 15) is 4.79 Å². The number of hydrogen-bond donors (Lipinski definition) is 1. The van der Waals surface area contributed by atoms with Gasteiger partial charge in [0.1, 0.15) is 5.75 Å². The van der Waals surface area contributed by atoms with Gasteiger partial charge in [-0.3, -0.25) is 4.79 Å². The van der Waals surface area contributed by atoms with Crippen molar-refractivity contribution in [2.24, 2.45) is 0 Å². The van der Waals surface area contributed by atoms with Crippen molar-refractivity contribution >= 4 is 5.91 Å². The molecular formula is C16H24N2O2. The lowest BCUT2D eigenvalue weighted by Gasteiger charge is -2.17. The van der Waals surface area contributed by atoms with Gasteiger partial charge in [-0.05, 0) is 37.5 Å². The lowest BCUT2D eigenvalue weighted by molar-refractivity contribution is -0.130. The predicted molar refractivity (Wildman–Crippen MR) is 79.7 cm³/mol. The van der Waals surface area contributed by atoms with Crippen LogP contribution >= 0.6 is 0 Å². The first-order valence-corrected chi connectivity index (χ1v) is 7.38. The van der Waals surface area contributed by atoms with Crippen molar-refractivity contribution < 1.29 is 9.53 Å². The first kappa shape index (κ1) is 14.9. The summed E-state index contributed by atoms with van der Waals surface area (Å²) in [5, 5.41) is 3.36. The van der Waals surface area contributed by atoms with Crippen LogP contribution < -0.4 is 10.1 Å². The summed E-state index contributed by atoms with van der Waals surface area (Å²) in [5.41, 5.74) is 1.12. The largest absolute Gasteiger partial charge is 0.494 e. The summed E-state index contributed by atoms with van der Waals surface area (Å²) in [7, 11) is 1.86. The van der Waals surface area contributed by atoms with E-state index in [1.165, 1.54) is 12.8 Å². The molecule has 0 spiro atoms. The highest BCUT2D eigenvalue weighted by Gasteiger charge is 2.20. The molecule has 0 radical (unpaired) electrons. The Morgan fingerprint density at radius 3 is 2.65 bits per heavy atom. The van der Waals surface area contributed by atoms with Gasteiger partial charge in [0.05, 0.1) is 6.61 Å². The second-order valence-corrected chi connectivity index (χ2v) is 5.31. The van der Waals surface area contributed by atoms with Crippen LogP contribution in [-0.2, 0) is 11.3 Å². The summed E-state index contributed by atoms with van der Waals surface area (Å²) >= 11 is 0. The first-order valence-electron chi connectivity index (χ1n) is 7.38. The third kappa shape index (κ3) is 4.85. The van der Waals surface area contributed by atoms with E-state index in [1.54, 1.807) is 4.90 Å². The van der Waals surface area contributed by atoms with Crippen molar-refractivity contribution in [2.75, 3.05) is 20.2 Å². The lowest BCUT2D eigenvalue weighted by atomic mass is 10.2. The number of nitrogens with zero attached hydrogens (tertiary/aromatic N) is 1. The molecule has 1 aliphatic carbocycles. The number of amides is 1. The fourth-order valence-electron chi connectivity index (χ4n) is 2.08. The lowest BCUT2D eigenvalue weighted by Crippen LogP contribution is -2.30. The maximum absolute atomic E-state index is 12.0. The topological polar surface area (TPSA) is 41.6 Å². The molecule has 20 heavy (non-hydrogen) atoms. The quantitative estimate of drug-likeness (QED) is 0.791. The molecule has 1 saturated carbocycles. The zero-order valence-electron chi connectivity index (χ0n) is 12.4. The summed E-state index contributed by atoms with van der Waals surface area (Å²) in [6.07, 6.45) is 3.09. The average molecular weight is 276 g/mol. The van der Waals surface area contributed by atoms with Crippen LogP contribution in [0, 0.1) is 0 Å². The molecule has 4 nitrogen and oxygen atoms in total. The van der Waals surface area contributed by atoms with E-state index >= 15 is 0 Å². The Kier molecular flexibility index (Phi) is 5.41. The van der Waals surface area contributed by atoms with E-state index in [-0.39, 0.29) is 5.91 Å². The highest BCUT2D eigenvalue weighted by molar-refractivity contribution is 5.76. The summed E-state index contributed by atoms with van der Waals surface area (Å²) in [5.74, 6) is 1.06. The van der Waals surface area contributed by atoms with Gasteiger partial charge >= 0.3 is 0 Å². The van der Waals surface area contributed by atoms with Crippen LogP contribution in [0.2, 0.25) is 0 Å². The predicted octanol–water partition coefficient (Wildman–Crippen LogP) is 2.19. The Balaban J connectivity index is 1.73. The van der Waals surface area contributed by atoms with Gasteiger partial charge in [-0.25, -0.2) is 0 Å². The number of rotatable bonds is 8. The van der Waals surface area contributed by atoms with Crippen LogP contribution in [0.1, 0.15) is 31.7 Å². The van der Waals surface area contributed by atoms with Crippen LogP contribution in [0.15, 0.2) is 24.3 Å². The Hall–Kier alpha value is -1.55. The van der Waals surface area contributed by atoms with Crippen molar-refractivity contribution in [3.63, 3.8) is 0 Å². The molecule has 0 heterocycles. The van der Waals surface area contributed by atoms with E-state index in [1.807, 2.05) is 38.2 Å². The molecule has 0 bridgehead atoms. The van der Waals surface area contributed by atoms with Crippen molar-refractivity contribution in [1.82, 2.24) is 10.2 Å². The minimum Gasteiger partial charge on any atom is -0.494 e. The SMILES string of the molecule is CCOc1ccc(CN(C)C(=O)CCNC2CC2)cc1. The van der Waals surface area contributed by atoms with Crippen LogP contribution in [0.25, 0.3) is 0 Å².